The fraction of sp³-hybridized carbons (Fsp3) is 0. The van der Waals surface area contributed by atoms with Crippen molar-refractivity contribution in [3.63, 3.8) is 0 Å². The van der Waals surface area contributed by atoms with Crippen molar-refractivity contribution >= 4 is 112 Å². The standard InChI is InChI=1S/C54H33NS3/c1-4-14-34(15-5-1)39-26-27-40(35-16-6-2-7-17-35)53-51(39)45-33-38(25-31-50(45)58-53)55(37-24-30-49-44(32-37)42-20-10-12-22-47(42)56-49)46-29-28-41(36-18-8-3-9-19-36)54-52(46)43-21-11-13-23-48(43)57-54/h1-33H. The van der Waals surface area contributed by atoms with Crippen LogP contribution in [0, 0.1) is 0 Å². The highest BCUT2D eigenvalue weighted by Gasteiger charge is 2.23. The summed E-state index contributed by atoms with van der Waals surface area (Å²) in [6.07, 6.45) is 0. The summed E-state index contributed by atoms with van der Waals surface area (Å²) in [5, 5.41) is 7.73. The third-order valence-electron chi connectivity index (χ3n) is 11.5. The Hall–Kier alpha value is -6.56. The largest absolute Gasteiger partial charge is 0.310 e. The molecule has 0 spiro atoms. The number of fused-ring (bicyclic) bond motifs is 9. The van der Waals surface area contributed by atoms with E-state index in [1.165, 1.54) is 99.6 Å². The first-order valence-electron chi connectivity index (χ1n) is 19.6. The van der Waals surface area contributed by atoms with Gasteiger partial charge in [-0.15, -0.1) is 34.0 Å². The molecule has 3 aromatic heterocycles. The summed E-state index contributed by atoms with van der Waals surface area (Å²) >= 11 is 5.66. The van der Waals surface area contributed by atoms with Gasteiger partial charge in [0.2, 0.25) is 0 Å². The van der Waals surface area contributed by atoms with Crippen LogP contribution in [0.1, 0.15) is 0 Å². The number of benzene rings is 9. The Labute approximate surface area is 347 Å². The van der Waals surface area contributed by atoms with Crippen molar-refractivity contribution in [2.75, 3.05) is 4.90 Å². The highest BCUT2D eigenvalue weighted by Crippen LogP contribution is 2.51. The van der Waals surface area contributed by atoms with Gasteiger partial charge in [-0.05, 0) is 88.0 Å². The van der Waals surface area contributed by atoms with Gasteiger partial charge in [0.1, 0.15) is 0 Å². The van der Waals surface area contributed by atoms with Gasteiger partial charge in [0.15, 0.2) is 0 Å². The fourth-order valence-electron chi connectivity index (χ4n) is 8.83. The summed E-state index contributed by atoms with van der Waals surface area (Å²) in [5.41, 5.74) is 11.0. The Morgan fingerprint density at radius 3 is 1.38 bits per heavy atom. The molecule has 1 nitrogen and oxygen atoms in total. The van der Waals surface area contributed by atoms with Gasteiger partial charge in [-0.1, -0.05) is 146 Å². The van der Waals surface area contributed by atoms with Crippen molar-refractivity contribution in [3.05, 3.63) is 200 Å². The second kappa shape index (κ2) is 13.5. The summed E-state index contributed by atoms with van der Waals surface area (Å²) in [6, 6.07) is 73.8. The number of hydrogen-bond donors (Lipinski definition) is 0. The summed E-state index contributed by atoms with van der Waals surface area (Å²) in [7, 11) is 0. The second-order valence-corrected chi connectivity index (χ2v) is 18.0. The first-order valence-corrected chi connectivity index (χ1v) is 22.0. The van der Waals surface area contributed by atoms with E-state index >= 15 is 0 Å². The quantitative estimate of drug-likeness (QED) is 0.162. The molecule has 0 saturated carbocycles. The van der Waals surface area contributed by atoms with Crippen molar-refractivity contribution in [2.24, 2.45) is 0 Å². The van der Waals surface area contributed by atoms with E-state index in [-0.39, 0.29) is 0 Å². The third kappa shape index (κ3) is 5.34. The molecule has 0 radical (unpaired) electrons. The molecule has 0 atom stereocenters. The van der Waals surface area contributed by atoms with Gasteiger partial charge >= 0.3 is 0 Å². The van der Waals surface area contributed by atoms with Gasteiger partial charge in [0, 0.05) is 71.9 Å². The molecule has 0 saturated heterocycles. The lowest BCUT2D eigenvalue weighted by Gasteiger charge is -2.27. The van der Waals surface area contributed by atoms with Crippen molar-refractivity contribution in [1.29, 1.82) is 0 Å². The van der Waals surface area contributed by atoms with Crippen LogP contribution < -0.4 is 4.90 Å². The van der Waals surface area contributed by atoms with Crippen LogP contribution in [0.5, 0.6) is 0 Å². The molecule has 3 heterocycles. The molecule has 12 rings (SSSR count). The average molecular weight is 792 g/mol. The van der Waals surface area contributed by atoms with Gasteiger partial charge in [-0.2, -0.15) is 0 Å². The molecule has 0 N–H and O–H groups in total. The van der Waals surface area contributed by atoms with Crippen LogP contribution in [0.3, 0.4) is 0 Å². The maximum atomic E-state index is 2.52. The van der Waals surface area contributed by atoms with Crippen LogP contribution in [0.25, 0.3) is 93.9 Å². The van der Waals surface area contributed by atoms with Gasteiger partial charge in [0.05, 0.1) is 5.69 Å². The van der Waals surface area contributed by atoms with E-state index in [1.807, 2.05) is 34.0 Å². The van der Waals surface area contributed by atoms with Crippen molar-refractivity contribution in [3.8, 4) is 33.4 Å². The number of hydrogen-bond acceptors (Lipinski definition) is 4. The summed E-state index contributed by atoms with van der Waals surface area (Å²) in [4.78, 5) is 2.52. The van der Waals surface area contributed by atoms with E-state index in [0.29, 0.717) is 0 Å². The van der Waals surface area contributed by atoms with Crippen LogP contribution >= 0.6 is 34.0 Å². The van der Waals surface area contributed by atoms with Crippen molar-refractivity contribution in [1.82, 2.24) is 0 Å². The zero-order valence-electron chi connectivity index (χ0n) is 31.2. The number of thiophene rings is 3. The van der Waals surface area contributed by atoms with Gasteiger partial charge in [-0.25, -0.2) is 0 Å². The smallest absolute Gasteiger partial charge is 0.0555 e. The molecule has 4 heteroatoms. The van der Waals surface area contributed by atoms with E-state index in [2.05, 4.69) is 205 Å². The predicted octanol–water partition coefficient (Wildman–Crippen LogP) is 17.3. The number of rotatable bonds is 6. The first-order chi connectivity index (χ1) is 28.8. The molecule has 9 aromatic carbocycles. The average Bonchev–Trinajstić information content (AvgIpc) is 3.99. The molecular weight excluding hydrogens is 759 g/mol. The number of anilines is 3. The van der Waals surface area contributed by atoms with Crippen LogP contribution in [0.4, 0.5) is 17.1 Å². The number of nitrogens with zero attached hydrogens (tertiary/aromatic N) is 1. The first kappa shape index (κ1) is 33.6. The van der Waals surface area contributed by atoms with E-state index in [4.69, 9.17) is 0 Å². The van der Waals surface area contributed by atoms with Gasteiger partial charge in [0.25, 0.3) is 0 Å². The van der Waals surface area contributed by atoms with Crippen LogP contribution in [0.2, 0.25) is 0 Å². The second-order valence-electron chi connectivity index (χ2n) is 14.8. The fourth-order valence-corrected chi connectivity index (χ4v) is 12.4. The summed E-state index contributed by atoms with van der Waals surface area (Å²) in [5.74, 6) is 0. The zero-order valence-corrected chi connectivity index (χ0v) is 33.7. The lowest BCUT2D eigenvalue weighted by molar-refractivity contribution is 1.31. The van der Waals surface area contributed by atoms with E-state index < -0.39 is 0 Å². The minimum Gasteiger partial charge on any atom is -0.310 e. The monoisotopic (exact) mass is 791 g/mol. The lowest BCUT2D eigenvalue weighted by Crippen LogP contribution is -2.10. The van der Waals surface area contributed by atoms with Gasteiger partial charge in [-0.3, -0.25) is 0 Å². The van der Waals surface area contributed by atoms with E-state index in [9.17, 15) is 0 Å². The zero-order chi connectivity index (χ0) is 38.2. The van der Waals surface area contributed by atoms with Crippen LogP contribution in [0.15, 0.2) is 200 Å². The molecule has 58 heavy (non-hydrogen) atoms. The normalized spacial score (nSPS) is 11.8. The van der Waals surface area contributed by atoms with Crippen LogP contribution in [-0.4, -0.2) is 0 Å². The summed E-state index contributed by atoms with van der Waals surface area (Å²) in [6.45, 7) is 0. The van der Waals surface area contributed by atoms with E-state index in [0.717, 1.165) is 11.4 Å². The molecule has 0 unspecified atom stereocenters. The minimum absolute atomic E-state index is 1.14. The third-order valence-corrected chi connectivity index (χ3v) is 15.0. The molecule has 0 aliphatic carbocycles. The Morgan fingerprint density at radius 1 is 0.293 bits per heavy atom. The Balaban J connectivity index is 1.17. The Morgan fingerprint density at radius 2 is 0.741 bits per heavy atom. The Kier molecular flexibility index (Phi) is 7.83. The maximum Gasteiger partial charge on any atom is 0.0555 e. The molecule has 0 amide bonds. The lowest BCUT2D eigenvalue weighted by atomic mass is 9.94. The summed E-state index contributed by atoms with van der Waals surface area (Å²) < 4.78 is 7.81. The Bertz CT molecular complexity index is 3500. The topological polar surface area (TPSA) is 3.24 Å². The molecule has 12 aromatic rings. The predicted molar refractivity (Wildman–Crippen MR) is 256 cm³/mol. The minimum atomic E-state index is 1.14. The van der Waals surface area contributed by atoms with Crippen molar-refractivity contribution < 1.29 is 0 Å². The molecular formula is C54H33NS3. The molecule has 0 fully saturated rings. The molecule has 0 aliphatic rings. The van der Waals surface area contributed by atoms with E-state index in [1.54, 1.807) is 0 Å². The highest BCUT2D eigenvalue weighted by atomic mass is 32.1. The molecule has 0 aliphatic heterocycles. The highest BCUT2D eigenvalue weighted by molar-refractivity contribution is 7.27. The van der Waals surface area contributed by atoms with Crippen molar-refractivity contribution in [2.45, 2.75) is 0 Å². The van der Waals surface area contributed by atoms with Gasteiger partial charge < -0.3 is 4.90 Å². The molecule has 0 bridgehead atoms. The maximum absolute atomic E-state index is 2.52. The molecule has 272 valence electrons. The SMILES string of the molecule is c1ccc(-c2ccc(-c3ccccc3)c3c2sc2ccc(N(c4ccc5sc6ccccc6c5c4)c4ccc(-c5ccccc5)c5sc6ccccc6c45)cc23)cc1. The van der Waals surface area contributed by atoms with Crippen LogP contribution in [-0.2, 0) is 0 Å².